The van der Waals surface area contributed by atoms with Gasteiger partial charge in [-0.3, -0.25) is 4.79 Å². The van der Waals surface area contributed by atoms with E-state index in [0.717, 1.165) is 11.0 Å². The number of benzene rings is 1. The smallest absolute Gasteiger partial charge is 0.256 e. The maximum absolute atomic E-state index is 13.6. The zero-order valence-electron chi connectivity index (χ0n) is 11.5. The molecule has 1 aromatic rings. The molecule has 1 saturated heterocycles. The summed E-state index contributed by atoms with van der Waals surface area (Å²) in [6.45, 7) is 0.712. The molecule has 0 aliphatic carbocycles. The Labute approximate surface area is 120 Å². The number of ether oxygens (including phenoxy) is 1. The molecule has 21 heavy (non-hydrogen) atoms. The minimum Gasteiger partial charge on any atom is -0.388 e. The number of carbonyl (C=O) groups is 1. The van der Waals surface area contributed by atoms with Gasteiger partial charge in [-0.2, -0.15) is 0 Å². The van der Waals surface area contributed by atoms with Gasteiger partial charge in [-0.05, 0) is 12.1 Å². The van der Waals surface area contributed by atoms with Crippen LogP contribution in [0.5, 0.6) is 0 Å². The first-order valence-corrected chi connectivity index (χ1v) is 6.53. The fourth-order valence-corrected chi connectivity index (χ4v) is 2.32. The van der Waals surface area contributed by atoms with Gasteiger partial charge in [0.2, 0.25) is 0 Å². The summed E-state index contributed by atoms with van der Waals surface area (Å²) in [7, 11) is 1.37. The zero-order valence-corrected chi connectivity index (χ0v) is 11.5. The Morgan fingerprint density at radius 1 is 1.29 bits per heavy atom. The molecule has 1 heterocycles. The van der Waals surface area contributed by atoms with Crippen molar-refractivity contribution in [1.82, 2.24) is 4.90 Å². The second-order valence-corrected chi connectivity index (χ2v) is 5.22. The van der Waals surface area contributed by atoms with Crippen molar-refractivity contribution in [2.75, 3.05) is 26.8 Å². The molecule has 0 aromatic heterocycles. The maximum Gasteiger partial charge on any atom is 0.256 e. The molecule has 0 saturated carbocycles. The number of hydrogen-bond donors (Lipinski definition) is 1. The summed E-state index contributed by atoms with van der Waals surface area (Å²) in [4.78, 5) is 13.2. The first-order chi connectivity index (χ1) is 9.84. The first kappa shape index (κ1) is 15.8. The Morgan fingerprint density at radius 2 is 1.90 bits per heavy atom. The second-order valence-electron chi connectivity index (χ2n) is 5.22. The molecule has 0 unspecified atom stereocenters. The largest absolute Gasteiger partial charge is 0.388 e. The van der Waals surface area contributed by atoms with Gasteiger partial charge in [-0.1, -0.05) is 0 Å². The molecule has 1 aromatic carbocycles. The summed E-state index contributed by atoms with van der Waals surface area (Å²) in [6.07, 6.45) is 0.704. The molecule has 1 aliphatic heterocycles. The van der Waals surface area contributed by atoms with E-state index in [1.807, 2.05) is 0 Å². The average molecular weight is 303 g/mol. The third kappa shape index (κ3) is 3.36. The van der Waals surface area contributed by atoms with Gasteiger partial charge in [0, 0.05) is 39.6 Å². The van der Waals surface area contributed by atoms with Gasteiger partial charge in [0.05, 0.1) is 11.2 Å². The lowest BCUT2D eigenvalue weighted by Gasteiger charge is -2.35. The van der Waals surface area contributed by atoms with Crippen molar-refractivity contribution >= 4 is 5.91 Å². The van der Waals surface area contributed by atoms with Gasteiger partial charge in [0.25, 0.3) is 5.91 Å². The second kappa shape index (κ2) is 6.03. The lowest BCUT2D eigenvalue weighted by Crippen LogP contribution is -2.47. The normalized spacial score (nSPS) is 17.6. The van der Waals surface area contributed by atoms with Crippen molar-refractivity contribution in [3.05, 3.63) is 35.1 Å². The summed E-state index contributed by atoms with van der Waals surface area (Å²) in [5.74, 6) is -5.37. The van der Waals surface area contributed by atoms with E-state index in [4.69, 9.17) is 4.74 Å². The summed E-state index contributed by atoms with van der Waals surface area (Å²) in [6, 6.07) is 1.59. The topological polar surface area (TPSA) is 49.8 Å². The van der Waals surface area contributed by atoms with Crippen LogP contribution in [0.25, 0.3) is 0 Å². The highest BCUT2D eigenvalue weighted by molar-refractivity contribution is 5.94. The quantitative estimate of drug-likeness (QED) is 0.865. The van der Waals surface area contributed by atoms with Crippen LogP contribution in [0.2, 0.25) is 0 Å². The number of hydrogen-bond acceptors (Lipinski definition) is 3. The Morgan fingerprint density at radius 3 is 2.52 bits per heavy atom. The molecular weight excluding hydrogens is 287 g/mol. The van der Waals surface area contributed by atoms with Crippen molar-refractivity contribution in [1.29, 1.82) is 0 Å². The van der Waals surface area contributed by atoms with Crippen molar-refractivity contribution < 1.29 is 27.8 Å². The Hall–Kier alpha value is -1.60. The number of halogens is 3. The van der Waals surface area contributed by atoms with Crippen molar-refractivity contribution in [3.63, 3.8) is 0 Å². The third-order valence-electron chi connectivity index (χ3n) is 3.57. The van der Waals surface area contributed by atoms with Crippen molar-refractivity contribution in [2.24, 2.45) is 0 Å². The molecular formula is C14H16F3NO3. The molecule has 0 atom stereocenters. The number of likely N-dealkylation sites (N-methyl/N-ethyl adjacent to an activating group) is 1. The van der Waals surface area contributed by atoms with Crippen molar-refractivity contribution in [2.45, 2.75) is 18.4 Å². The fraction of sp³-hybridized carbons (Fsp3) is 0.500. The highest BCUT2D eigenvalue weighted by Crippen LogP contribution is 2.23. The van der Waals surface area contributed by atoms with Gasteiger partial charge < -0.3 is 14.7 Å². The van der Waals surface area contributed by atoms with Crippen LogP contribution in [0.15, 0.2) is 12.1 Å². The number of aliphatic hydroxyl groups is 1. The summed E-state index contributed by atoms with van der Waals surface area (Å²) in [5.41, 5.74) is -1.68. The van der Waals surface area contributed by atoms with Crippen LogP contribution in [0.3, 0.4) is 0 Å². The number of carbonyl (C=O) groups excluding carboxylic acids is 1. The molecule has 0 spiro atoms. The van der Waals surface area contributed by atoms with Crippen LogP contribution < -0.4 is 0 Å². The van der Waals surface area contributed by atoms with E-state index < -0.39 is 34.5 Å². The SMILES string of the molecule is CN(CC1(O)CCOCC1)C(=O)c1ccc(F)c(F)c1F. The van der Waals surface area contributed by atoms with Gasteiger partial charge in [-0.25, -0.2) is 13.2 Å². The molecule has 0 radical (unpaired) electrons. The highest BCUT2D eigenvalue weighted by atomic mass is 19.2. The van der Waals surface area contributed by atoms with Crippen molar-refractivity contribution in [3.8, 4) is 0 Å². The molecule has 1 fully saturated rings. The average Bonchev–Trinajstić information content (AvgIpc) is 2.44. The lowest BCUT2D eigenvalue weighted by atomic mass is 9.93. The highest BCUT2D eigenvalue weighted by Gasteiger charge is 2.33. The van der Waals surface area contributed by atoms with Gasteiger partial charge in [0.15, 0.2) is 17.5 Å². The standard InChI is InChI=1S/C14H16F3NO3/c1-18(8-14(20)4-6-21-7-5-14)13(19)9-2-3-10(15)12(17)11(9)16/h2-3,20H,4-8H2,1H3. The molecule has 4 nitrogen and oxygen atoms in total. The predicted molar refractivity (Wildman–Crippen MR) is 68.3 cm³/mol. The number of amides is 1. The van der Waals surface area contributed by atoms with Crippen LogP contribution >= 0.6 is 0 Å². The van der Waals surface area contributed by atoms with Crippen LogP contribution in [0.1, 0.15) is 23.2 Å². The van der Waals surface area contributed by atoms with Crippen LogP contribution in [0.4, 0.5) is 13.2 Å². The van der Waals surface area contributed by atoms with Gasteiger partial charge >= 0.3 is 0 Å². The molecule has 0 bridgehead atoms. The summed E-state index contributed by atoms with van der Waals surface area (Å²) < 4.78 is 44.8. The first-order valence-electron chi connectivity index (χ1n) is 6.53. The van der Waals surface area contributed by atoms with E-state index in [0.29, 0.717) is 32.1 Å². The van der Waals surface area contributed by atoms with Gasteiger partial charge in [0.1, 0.15) is 0 Å². The Kier molecular flexibility index (Phi) is 4.53. The number of rotatable bonds is 3. The lowest BCUT2D eigenvalue weighted by molar-refractivity contribution is -0.0734. The zero-order chi connectivity index (χ0) is 15.6. The predicted octanol–water partition coefficient (Wildman–Crippen LogP) is 1.72. The summed E-state index contributed by atoms with van der Waals surface area (Å²) in [5, 5.41) is 10.3. The molecule has 2 rings (SSSR count). The fourth-order valence-electron chi connectivity index (χ4n) is 2.32. The minimum atomic E-state index is -1.68. The molecule has 1 N–H and O–H groups in total. The third-order valence-corrected chi connectivity index (χ3v) is 3.57. The van der Waals surface area contributed by atoms with E-state index in [9.17, 15) is 23.1 Å². The van der Waals surface area contributed by atoms with E-state index >= 15 is 0 Å². The van der Waals surface area contributed by atoms with E-state index in [2.05, 4.69) is 0 Å². The van der Waals surface area contributed by atoms with E-state index in [-0.39, 0.29) is 6.54 Å². The van der Waals surface area contributed by atoms with Crippen LogP contribution in [-0.2, 0) is 4.74 Å². The van der Waals surface area contributed by atoms with E-state index in [1.54, 1.807) is 0 Å². The maximum atomic E-state index is 13.6. The molecule has 1 aliphatic rings. The van der Waals surface area contributed by atoms with Gasteiger partial charge in [-0.15, -0.1) is 0 Å². The summed E-state index contributed by atoms with van der Waals surface area (Å²) >= 11 is 0. The molecule has 7 heteroatoms. The molecule has 116 valence electrons. The van der Waals surface area contributed by atoms with Crippen LogP contribution in [0, 0.1) is 17.5 Å². The minimum absolute atomic E-state index is 0.0341. The van der Waals surface area contributed by atoms with E-state index in [1.165, 1.54) is 7.05 Å². The number of nitrogens with zero attached hydrogens (tertiary/aromatic N) is 1. The Bertz CT molecular complexity index is 545. The van der Waals surface area contributed by atoms with Crippen LogP contribution in [-0.4, -0.2) is 48.3 Å². The molecule has 1 amide bonds. The Balaban J connectivity index is 2.14. The monoisotopic (exact) mass is 303 g/mol.